The summed E-state index contributed by atoms with van der Waals surface area (Å²) in [6, 6.07) is 7.83. The molecule has 1 aromatic heterocycles. The number of hydrogen-bond acceptors (Lipinski definition) is 3. The number of rotatable bonds is 3. The molecule has 0 aliphatic carbocycles. The molecule has 21 heavy (non-hydrogen) atoms. The third-order valence-corrected chi connectivity index (χ3v) is 4.73. The highest BCUT2D eigenvalue weighted by atomic mass is 32.1. The SMILES string of the molecule is CCc1c(C)sc(NC(=O)c2ccc(C)c(C)c2)c1C#N. The highest BCUT2D eigenvalue weighted by Gasteiger charge is 2.17. The molecule has 0 aliphatic rings. The van der Waals surface area contributed by atoms with E-state index in [1.807, 2.05) is 45.9 Å². The molecule has 2 aromatic rings. The number of nitrogens with zero attached hydrogens (tertiary/aromatic N) is 1. The van der Waals surface area contributed by atoms with Crippen LogP contribution in [0.4, 0.5) is 5.00 Å². The number of anilines is 1. The van der Waals surface area contributed by atoms with Crippen molar-refractivity contribution in [3.8, 4) is 6.07 Å². The first-order valence-electron chi connectivity index (χ1n) is 6.88. The van der Waals surface area contributed by atoms with Gasteiger partial charge in [0.15, 0.2) is 0 Å². The van der Waals surface area contributed by atoms with Crippen LogP contribution in [0.1, 0.15) is 44.4 Å². The summed E-state index contributed by atoms with van der Waals surface area (Å²) in [6.45, 7) is 8.00. The van der Waals surface area contributed by atoms with Gasteiger partial charge in [-0.25, -0.2) is 0 Å². The fourth-order valence-electron chi connectivity index (χ4n) is 2.27. The number of aryl methyl sites for hydroxylation is 3. The zero-order chi connectivity index (χ0) is 15.6. The van der Waals surface area contributed by atoms with E-state index in [-0.39, 0.29) is 5.91 Å². The van der Waals surface area contributed by atoms with Gasteiger partial charge in [-0.15, -0.1) is 11.3 Å². The predicted molar refractivity (Wildman–Crippen MR) is 87.0 cm³/mol. The van der Waals surface area contributed by atoms with Crippen LogP contribution in [0.15, 0.2) is 18.2 Å². The van der Waals surface area contributed by atoms with E-state index in [2.05, 4.69) is 11.4 Å². The van der Waals surface area contributed by atoms with Gasteiger partial charge in [-0.1, -0.05) is 13.0 Å². The number of amides is 1. The lowest BCUT2D eigenvalue weighted by Gasteiger charge is -2.06. The first-order valence-corrected chi connectivity index (χ1v) is 7.70. The lowest BCUT2D eigenvalue weighted by molar-refractivity contribution is 0.102. The number of carbonyl (C=O) groups is 1. The third-order valence-electron chi connectivity index (χ3n) is 3.67. The Hall–Kier alpha value is -2.12. The second-order valence-corrected chi connectivity index (χ2v) is 6.28. The summed E-state index contributed by atoms with van der Waals surface area (Å²) in [5, 5.41) is 12.8. The molecule has 108 valence electrons. The second kappa shape index (κ2) is 6.11. The first-order chi connectivity index (χ1) is 9.97. The minimum Gasteiger partial charge on any atom is -0.312 e. The van der Waals surface area contributed by atoms with Gasteiger partial charge in [0, 0.05) is 10.4 Å². The summed E-state index contributed by atoms with van der Waals surface area (Å²) < 4.78 is 0. The fourth-order valence-corrected chi connectivity index (χ4v) is 3.36. The van der Waals surface area contributed by atoms with Gasteiger partial charge in [0.25, 0.3) is 5.91 Å². The Kier molecular flexibility index (Phi) is 4.44. The van der Waals surface area contributed by atoms with Crippen LogP contribution in [0, 0.1) is 32.1 Å². The lowest BCUT2D eigenvalue weighted by Crippen LogP contribution is -2.12. The zero-order valence-electron chi connectivity index (χ0n) is 12.7. The minimum absolute atomic E-state index is 0.168. The molecule has 0 atom stereocenters. The molecule has 0 fully saturated rings. The Labute approximate surface area is 129 Å². The molecule has 0 aliphatic heterocycles. The first kappa shape index (κ1) is 15.3. The van der Waals surface area contributed by atoms with Crippen LogP contribution in [0.5, 0.6) is 0 Å². The number of benzene rings is 1. The van der Waals surface area contributed by atoms with Crippen LogP contribution >= 0.6 is 11.3 Å². The van der Waals surface area contributed by atoms with E-state index >= 15 is 0 Å². The quantitative estimate of drug-likeness (QED) is 0.915. The summed E-state index contributed by atoms with van der Waals surface area (Å²) in [5.41, 5.74) is 4.48. The summed E-state index contributed by atoms with van der Waals surface area (Å²) in [5.74, 6) is -0.168. The zero-order valence-corrected chi connectivity index (χ0v) is 13.5. The highest BCUT2D eigenvalue weighted by Crippen LogP contribution is 2.33. The van der Waals surface area contributed by atoms with Crippen molar-refractivity contribution in [1.29, 1.82) is 5.26 Å². The summed E-state index contributed by atoms with van der Waals surface area (Å²) >= 11 is 1.47. The number of hydrogen-bond donors (Lipinski definition) is 1. The molecule has 1 N–H and O–H groups in total. The maximum Gasteiger partial charge on any atom is 0.256 e. The molecule has 3 nitrogen and oxygen atoms in total. The fraction of sp³-hybridized carbons (Fsp3) is 0.294. The molecule has 0 unspecified atom stereocenters. The van der Waals surface area contributed by atoms with E-state index in [0.717, 1.165) is 28.0 Å². The predicted octanol–water partition coefficient (Wildman–Crippen LogP) is 4.36. The van der Waals surface area contributed by atoms with Gasteiger partial charge in [0.2, 0.25) is 0 Å². The summed E-state index contributed by atoms with van der Waals surface area (Å²) in [6.07, 6.45) is 0.796. The number of thiophene rings is 1. The molecule has 1 heterocycles. The van der Waals surface area contributed by atoms with Crippen LogP contribution in [0.3, 0.4) is 0 Å². The van der Waals surface area contributed by atoms with Crippen molar-refractivity contribution in [3.63, 3.8) is 0 Å². The Bertz CT molecular complexity index is 738. The number of nitrogens with one attached hydrogen (secondary N) is 1. The molecular formula is C17H18N2OS. The molecule has 1 aromatic carbocycles. The van der Waals surface area contributed by atoms with Gasteiger partial charge < -0.3 is 5.32 Å². The van der Waals surface area contributed by atoms with Gasteiger partial charge in [-0.3, -0.25) is 4.79 Å². The average molecular weight is 298 g/mol. The van der Waals surface area contributed by atoms with Gasteiger partial charge in [-0.05, 0) is 56.0 Å². The van der Waals surface area contributed by atoms with Gasteiger partial charge in [-0.2, -0.15) is 5.26 Å². The monoisotopic (exact) mass is 298 g/mol. The van der Waals surface area contributed by atoms with Crippen molar-refractivity contribution in [2.75, 3.05) is 5.32 Å². The van der Waals surface area contributed by atoms with Crippen LogP contribution in [-0.2, 0) is 6.42 Å². The Balaban J connectivity index is 2.32. The Morgan fingerprint density at radius 3 is 2.57 bits per heavy atom. The van der Waals surface area contributed by atoms with Gasteiger partial charge >= 0.3 is 0 Å². The van der Waals surface area contributed by atoms with Crippen molar-refractivity contribution < 1.29 is 4.79 Å². The summed E-state index contributed by atoms with van der Waals surface area (Å²) in [7, 11) is 0. The molecule has 0 bridgehead atoms. The molecule has 2 rings (SSSR count). The minimum atomic E-state index is -0.168. The second-order valence-electron chi connectivity index (χ2n) is 5.06. The van der Waals surface area contributed by atoms with E-state index in [0.29, 0.717) is 16.1 Å². The number of nitriles is 1. The van der Waals surface area contributed by atoms with Crippen molar-refractivity contribution in [2.24, 2.45) is 0 Å². The molecule has 0 radical (unpaired) electrons. The molecule has 1 amide bonds. The molecule has 0 saturated heterocycles. The molecule has 0 spiro atoms. The Morgan fingerprint density at radius 2 is 2.00 bits per heavy atom. The normalized spacial score (nSPS) is 10.2. The third kappa shape index (κ3) is 2.98. The van der Waals surface area contributed by atoms with Crippen LogP contribution < -0.4 is 5.32 Å². The smallest absolute Gasteiger partial charge is 0.256 e. The van der Waals surface area contributed by atoms with Crippen molar-refractivity contribution in [1.82, 2.24) is 0 Å². The average Bonchev–Trinajstić information content (AvgIpc) is 2.76. The maximum absolute atomic E-state index is 12.3. The molecule has 0 saturated carbocycles. The molecule has 4 heteroatoms. The van der Waals surface area contributed by atoms with E-state index in [1.54, 1.807) is 0 Å². The molecular weight excluding hydrogens is 280 g/mol. The van der Waals surface area contributed by atoms with E-state index in [1.165, 1.54) is 11.3 Å². The van der Waals surface area contributed by atoms with Crippen molar-refractivity contribution in [3.05, 3.63) is 50.9 Å². The van der Waals surface area contributed by atoms with Crippen LogP contribution in [0.2, 0.25) is 0 Å². The van der Waals surface area contributed by atoms with Crippen molar-refractivity contribution >= 4 is 22.2 Å². The highest BCUT2D eigenvalue weighted by molar-refractivity contribution is 7.16. The summed E-state index contributed by atoms with van der Waals surface area (Å²) in [4.78, 5) is 13.4. The van der Waals surface area contributed by atoms with Gasteiger partial charge in [0.05, 0.1) is 5.56 Å². The van der Waals surface area contributed by atoms with Crippen molar-refractivity contribution in [2.45, 2.75) is 34.1 Å². The largest absolute Gasteiger partial charge is 0.312 e. The number of carbonyl (C=O) groups excluding carboxylic acids is 1. The van der Waals surface area contributed by atoms with E-state index < -0.39 is 0 Å². The van der Waals surface area contributed by atoms with Crippen LogP contribution in [-0.4, -0.2) is 5.91 Å². The standard InChI is InChI=1S/C17H18N2OS/c1-5-14-12(4)21-17(15(14)9-18)19-16(20)13-7-6-10(2)11(3)8-13/h6-8H,5H2,1-4H3,(H,19,20). The van der Waals surface area contributed by atoms with Gasteiger partial charge in [0.1, 0.15) is 11.1 Å². The van der Waals surface area contributed by atoms with E-state index in [9.17, 15) is 10.1 Å². The van der Waals surface area contributed by atoms with E-state index in [4.69, 9.17) is 0 Å². The lowest BCUT2D eigenvalue weighted by atomic mass is 10.1. The van der Waals surface area contributed by atoms with Crippen LogP contribution in [0.25, 0.3) is 0 Å². The topological polar surface area (TPSA) is 52.9 Å². The Morgan fingerprint density at radius 1 is 1.29 bits per heavy atom. The maximum atomic E-state index is 12.3.